The second kappa shape index (κ2) is 11.1. The molecule has 7 nitrogen and oxygen atoms in total. The first-order chi connectivity index (χ1) is 20.8. The number of carbonyl (C=O) groups excluding carboxylic acids is 3. The van der Waals surface area contributed by atoms with Gasteiger partial charge in [-0.15, -0.1) is 0 Å². The molecule has 2 N–H and O–H groups in total. The number of urea groups is 1. The summed E-state index contributed by atoms with van der Waals surface area (Å²) in [6.45, 7) is 6.00. The van der Waals surface area contributed by atoms with Crippen LogP contribution in [0.25, 0.3) is 0 Å². The smallest absolute Gasteiger partial charge is 0.323 e. The summed E-state index contributed by atoms with van der Waals surface area (Å²) < 4.78 is 5.82. The van der Waals surface area contributed by atoms with Crippen molar-refractivity contribution in [2.24, 2.45) is 5.92 Å². The molecule has 4 aromatic rings. The first-order valence-corrected chi connectivity index (χ1v) is 14.6. The maximum absolute atomic E-state index is 14.8. The number of rotatable bonds is 6. The highest BCUT2D eigenvalue weighted by Gasteiger charge is 2.70. The number of Topliss-reactive ketones (excluding diaryl/α,β-unsaturated/α-hetero) is 1. The van der Waals surface area contributed by atoms with Gasteiger partial charge in [0.05, 0.1) is 13.0 Å². The van der Waals surface area contributed by atoms with Crippen LogP contribution in [0.4, 0.5) is 16.2 Å². The van der Waals surface area contributed by atoms with Gasteiger partial charge in [-0.2, -0.15) is 0 Å². The molecule has 6 rings (SSSR count). The molecule has 43 heavy (non-hydrogen) atoms. The van der Waals surface area contributed by atoms with Crippen molar-refractivity contribution < 1.29 is 19.1 Å². The first kappa shape index (κ1) is 28.2. The van der Waals surface area contributed by atoms with Crippen LogP contribution in [-0.4, -0.2) is 35.8 Å². The minimum atomic E-state index is -1.61. The topological polar surface area (TPSA) is 87.7 Å². The highest BCUT2D eigenvalue weighted by atomic mass is 16.5. The number of fused-ring (bicyclic) bond motifs is 2. The zero-order chi connectivity index (χ0) is 30.3. The van der Waals surface area contributed by atoms with E-state index in [1.165, 1.54) is 0 Å². The fraction of sp³-hybridized carbons (Fsp3) is 0.250. The van der Waals surface area contributed by atoms with Gasteiger partial charge in [0.2, 0.25) is 0 Å². The second-order valence-electron chi connectivity index (χ2n) is 11.3. The molecule has 0 bridgehead atoms. The average Bonchev–Trinajstić information content (AvgIpc) is 3.50. The number of anilines is 2. The number of aryl methyl sites for hydroxylation is 2. The quantitative estimate of drug-likeness (QED) is 0.242. The maximum Gasteiger partial charge on any atom is 0.323 e. The summed E-state index contributed by atoms with van der Waals surface area (Å²) in [7, 11) is 1.60. The molecule has 1 spiro atoms. The molecule has 4 atom stereocenters. The summed E-state index contributed by atoms with van der Waals surface area (Å²) in [6.07, 6.45) is 0.499. The third-order valence-electron chi connectivity index (χ3n) is 9.10. The average molecular weight is 574 g/mol. The number of nitrogens with zero attached hydrogens (tertiary/aromatic N) is 1. The minimum absolute atomic E-state index is 0.205. The monoisotopic (exact) mass is 573 g/mol. The molecule has 4 aromatic carbocycles. The van der Waals surface area contributed by atoms with Crippen LogP contribution in [0.15, 0.2) is 97.1 Å². The van der Waals surface area contributed by atoms with Crippen LogP contribution in [0.1, 0.15) is 51.9 Å². The van der Waals surface area contributed by atoms with Gasteiger partial charge in [-0.05, 0) is 55.7 Å². The molecule has 0 aliphatic carbocycles. The summed E-state index contributed by atoms with van der Waals surface area (Å²) in [6, 6.07) is 28.8. The number of likely N-dealkylation sites (tertiary alicyclic amines) is 1. The molecule has 0 saturated carbocycles. The molecule has 0 aromatic heterocycles. The van der Waals surface area contributed by atoms with E-state index in [0.29, 0.717) is 34.7 Å². The van der Waals surface area contributed by atoms with E-state index >= 15 is 0 Å². The molecule has 3 amide bonds. The molecule has 7 heteroatoms. The number of methoxy groups -OCH3 is 1. The molecule has 1 saturated heterocycles. The van der Waals surface area contributed by atoms with E-state index in [9.17, 15) is 14.4 Å². The molecule has 218 valence electrons. The summed E-state index contributed by atoms with van der Waals surface area (Å²) in [5.74, 6) is -1.48. The highest BCUT2D eigenvalue weighted by Crippen LogP contribution is 2.60. The van der Waals surface area contributed by atoms with Gasteiger partial charge >= 0.3 is 6.03 Å². The largest absolute Gasteiger partial charge is 0.496 e. The van der Waals surface area contributed by atoms with E-state index in [2.05, 4.69) is 10.6 Å². The van der Waals surface area contributed by atoms with Crippen molar-refractivity contribution in [1.82, 2.24) is 4.90 Å². The van der Waals surface area contributed by atoms with Gasteiger partial charge in [0, 0.05) is 40.0 Å². The van der Waals surface area contributed by atoms with Crippen LogP contribution < -0.4 is 15.4 Å². The number of ether oxygens (including phenoxy) is 1. The minimum Gasteiger partial charge on any atom is -0.496 e. The predicted molar refractivity (Wildman–Crippen MR) is 168 cm³/mol. The molecule has 1 fully saturated rings. The van der Waals surface area contributed by atoms with Crippen molar-refractivity contribution in [3.05, 3.63) is 125 Å². The molecule has 2 aliphatic heterocycles. The SMILES string of the molecule is CCC1C(c2ccccc2OC)C(C(=O)c2ccccc2)C2(C(=O)Nc3ccccc32)N1C(=O)Nc1ccc(C)c(C)c1. The van der Waals surface area contributed by atoms with Crippen LogP contribution >= 0.6 is 0 Å². The molecule has 0 radical (unpaired) electrons. The van der Waals surface area contributed by atoms with E-state index in [-0.39, 0.29) is 5.78 Å². The van der Waals surface area contributed by atoms with E-state index in [1.807, 2.05) is 106 Å². The maximum atomic E-state index is 14.8. The van der Waals surface area contributed by atoms with Gasteiger partial charge in [0.25, 0.3) is 5.91 Å². The van der Waals surface area contributed by atoms with Crippen LogP contribution in [0, 0.1) is 19.8 Å². The third-order valence-corrected chi connectivity index (χ3v) is 9.10. The Balaban J connectivity index is 1.63. The van der Waals surface area contributed by atoms with E-state index in [1.54, 1.807) is 24.1 Å². The van der Waals surface area contributed by atoms with Gasteiger partial charge < -0.3 is 20.3 Å². The van der Waals surface area contributed by atoms with Gasteiger partial charge in [-0.25, -0.2) is 4.79 Å². The van der Waals surface area contributed by atoms with Crippen molar-refractivity contribution in [2.45, 2.75) is 44.7 Å². The highest BCUT2D eigenvalue weighted by molar-refractivity contribution is 6.14. The number of hydrogen-bond acceptors (Lipinski definition) is 4. The van der Waals surface area contributed by atoms with Crippen molar-refractivity contribution in [1.29, 1.82) is 0 Å². The Hall–Kier alpha value is -4.91. The third kappa shape index (κ3) is 4.38. The molecular weight excluding hydrogens is 538 g/mol. The zero-order valence-corrected chi connectivity index (χ0v) is 24.8. The summed E-state index contributed by atoms with van der Waals surface area (Å²) in [5.41, 5.74) is 3.62. The number of ketones is 1. The van der Waals surface area contributed by atoms with Gasteiger partial charge in [-0.3, -0.25) is 9.59 Å². The van der Waals surface area contributed by atoms with Gasteiger partial charge in [0.1, 0.15) is 5.75 Å². The Morgan fingerprint density at radius 3 is 2.33 bits per heavy atom. The Labute approximate surface area is 251 Å². The van der Waals surface area contributed by atoms with Crippen molar-refractivity contribution in [2.75, 3.05) is 17.7 Å². The predicted octanol–water partition coefficient (Wildman–Crippen LogP) is 7.07. The van der Waals surface area contributed by atoms with E-state index in [0.717, 1.165) is 16.7 Å². The summed E-state index contributed by atoms with van der Waals surface area (Å²) in [5, 5.41) is 6.12. The summed E-state index contributed by atoms with van der Waals surface area (Å²) in [4.78, 5) is 45.7. The van der Waals surface area contributed by atoms with Crippen LogP contribution in [0.2, 0.25) is 0 Å². The number of para-hydroxylation sites is 2. The number of hydrogen-bond donors (Lipinski definition) is 2. The fourth-order valence-electron chi connectivity index (χ4n) is 7.08. The second-order valence-corrected chi connectivity index (χ2v) is 11.3. The molecular formula is C36H35N3O4. The fourth-order valence-corrected chi connectivity index (χ4v) is 7.08. The standard InChI is InChI=1S/C36H35N3O4/c1-5-29-31(26-15-9-12-18-30(26)43-4)32(33(40)24-13-7-6-8-14-24)36(27-16-10-11-17-28(27)38-34(36)41)39(29)35(42)37-25-20-19-22(2)23(3)21-25/h6-21,29,31-32H,5H2,1-4H3,(H,37,42)(H,38,41). The lowest BCUT2D eigenvalue weighted by Gasteiger charge is -2.39. The molecule has 2 aliphatic rings. The summed E-state index contributed by atoms with van der Waals surface area (Å²) >= 11 is 0. The number of amides is 3. The van der Waals surface area contributed by atoms with E-state index in [4.69, 9.17) is 4.74 Å². The number of benzene rings is 4. The van der Waals surface area contributed by atoms with Crippen molar-refractivity contribution >= 4 is 29.1 Å². The van der Waals surface area contributed by atoms with Crippen LogP contribution in [0.3, 0.4) is 0 Å². The van der Waals surface area contributed by atoms with Crippen molar-refractivity contribution in [3.8, 4) is 5.75 Å². The van der Waals surface area contributed by atoms with Gasteiger partial charge in [-0.1, -0.05) is 79.7 Å². The number of nitrogens with one attached hydrogen (secondary N) is 2. The normalized spacial score (nSPS) is 22.3. The van der Waals surface area contributed by atoms with Crippen molar-refractivity contribution in [3.63, 3.8) is 0 Å². The van der Waals surface area contributed by atoms with Crippen LogP contribution in [0.5, 0.6) is 5.75 Å². The van der Waals surface area contributed by atoms with Crippen LogP contribution in [-0.2, 0) is 10.3 Å². The lowest BCUT2D eigenvalue weighted by atomic mass is 9.69. The Kier molecular flexibility index (Phi) is 7.26. The molecule has 2 heterocycles. The Morgan fingerprint density at radius 2 is 1.60 bits per heavy atom. The number of carbonyl (C=O) groups is 3. The Bertz CT molecular complexity index is 1720. The molecule has 4 unspecified atom stereocenters. The first-order valence-electron chi connectivity index (χ1n) is 14.6. The zero-order valence-electron chi connectivity index (χ0n) is 24.8. The lowest BCUT2D eigenvalue weighted by Crippen LogP contribution is -2.57. The van der Waals surface area contributed by atoms with Gasteiger partial charge in [0.15, 0.2) is 11.3 Å². The lowest BCUT2D eigenvalue weighted by molar-refractivity contribution is -0.126. The Morgan fingerprint density at radius 1 is 0.907 bits per heavy atom. The van der Waals surface area contributed by atoms with E-state index < -0.39 is 35.4 Å².